The number of carbonyl (C=O) groups excluding carboxylic acids is 1. The van der Waals surface area contributed by atoms with Crippen LogP contribution in [0.5, 0.6) is 0 Å². The van der Waals surface area contributed by atoms with E-state index in [1.165, 1.54) is 42.5 Å². The lowest BCUT2D eigenvalue weighted by atomic mass is 9.94. The third-order valence-corrected chi connectivity index (χ3v) is 4.52. The Morgan fingerprint density at radius 2 is 1.85 bits per heavy atom. The summed E-state index contributed by atoms with van der Waals surface area (Å²) in [5.74, 6) is -2.05. The van der Waals surface area contributed by atoms with Gasteiger partial charge in [0.15, 0.2) is 0 Å². The van der Waals surface area contributed by atoms with E-state index < -0.39 is 28.3 Å². The molecule has 0 atom stereocenters. The molecule has 0 fully saturated rings. The second-order valence-corrected chi connectivity index (χ2v) is 6.59. The lowest BCUT2D eigenvalue weighted by Crippen LogP contribution is -1.99. The summed E-state index contributed by atoms with van der Waals surface area (Å²) in [5, 5.41) is 0. The SMILES string of the molecule is CC=C1OC(=O)C(c2cccc(F)c2)=C1c1ccc(C[SH](=O)=O)cc1F. The lowest BCUT2D eigenvalue weighted by molar-refractivity contribution is -0.131. The highest BCUT2D eigenvalue weighted by atomic mass is 32.2. The van der Waals surface area contributed by atoms with Gasteiger partial charge in [0.25, 0.3) is 0 Å². The number of rotatable bonds is 4. The topological polar surface area (TPSA) is 60.4 Å². The average Bonchev–Trinajstić information content (AvgIpc) is 2.90. The van der Waals surface area contributed by atoms with Gasteiger partial charge < -0.3 is 4.74 Å². The maximum Gasteiger partial charge on any atom is 0.344 e. The standard InChI is InChI=1S/C19H14F2O4S/c1-2-16-18(14-7-6-11(8-15(14)21)10-26(23)24)17(19(22)25-16)12-4-3-5-13(20)9-12/h2-9,26H,10H2,1H3. The van der Waals surface area contributed by atoms with E-state index in [9.17, 15) is 22.0 Å². The highest BCUT2D eigenvalue weighted by Crippen LogP contribution is 2.40. The molecule has 0 bridgehead atoms. The molecule has 0 spiro atoms. The van der Waals surface area contributed by atoms with E-state index in [0.29, 0.717) is 5.56 Å². The molecular formula is C19H14F2O4S. The maximum atomic E-state index is 14.7. The van der Waals surface area contributed by atoms with Crippen LogP contribution in [0.2, 0.25) is 0 Å². The van der Waals surface area contributed by atoms with Crippen LogP contribution in [0, 0.1) is 11.6 Å². The zero-order valence-corrected chi connectivity index (χ0v) is 14.6. The summed E-state index contributed by atoms with van der Waals surface area (Å²) in [6.07, 6.45) is 1.52. The molecule has 0 unspecified atom stereocenters. The van der Waals surface area contributed by atoms with Crippen molar-refractivity contribution in [3.8, 4) is 0 Å². The Kier molecular flexibility index (Phi) is 4.99. The minimum atomic E-state index is -2.69. The van der Waals surface area contributed by atoms with Gasteiger partial charge in [0.2, 0.25) is 0 Å². The molecule has 134 valence electrons. The highest BCUT2D eigenvalue weighted by molar-refractivity contribution is 7.71. The molecule has 26 heavy (non-hydrogen) atoms. The highest BCUT2D eigenvalue weighted by Gasteiger charge is 2.33. The van der Waals surface area contributed by atoms with Gasteiger partial charge in [-0.25, -0.2) is 22.0 Å². The molecular weight excluding hydrogens is 362 g/mol. The van der Waals surface area contributed by atoms with E-state index in [0.717, 1.165) is 6.07 Å². The summed E-state index contributed by atoms with van der Waals surface area (Å²) in [7, 11) is -2.69. The number of benzene rings is 2. The first-order valence-corrected chi connectivity index (χ1v) is 9.06. The van der Waals surface area contributed by atoms with Gasteiger partial charge in [-0.2, -0.15) is 0 Å². The Balaban J connectivity index is 2.22. The number of allylic oxidation sites excluding steroid dienone is 2. The molecule has 7 heteroatoms. The van der Waals surface area contributed by atoms with E-state index in [1.54, 1.807) is 6.92 Å². The van der Waals surface area contributed by atoms with E-state index in [-0.39, 0.29) is 33.8 Å². The monoisotopic (exact) mass is 376 g/mol. The van der Waals surface area contributed by atoms with Crippen LogP contribution in [0.25, 0.3) is 11.1 Å². The molecule has 3 rings (SSSR count). The summed E-state index contributed by atoms with van der Waals surface area (Å²) in [6, 6.07) is 9.35. The largest absolute Gasteiger partial charge is 0.423 e. The predicted molar refractivity (Wildman–Crippen MR) is 93.5 cm³/mol. The molecule has 0 saturated carbocycles. The second-order valence-electron chi connectivity index (χ2n) is 5.61. The Labute approximate surface area is 150 Å². The van der Waals surface area contributed by atoms with Gasteiger partial charge in [0.1, 0.15) is 28.1 Å². The third kappa shape index (κ3) is 3.43. The number of hydrogen-bond donors (Lipinski definition) is 1. The summed E-state index contributed by atoms with van der Waals surface area (Å²) in [5.41, 5.74) is 0.904. The summed E-state index contributed by atoms with van der Waals surface area (Å²) >= 11 is 0. The quantitative estimate of drug-likeness (QED) is 0.656. The van der Waals surface area contributed by atoms with Crippen molar-refractivity contribution in [3.63, 3.8) is 0 Å². The van der Waals surface area contributed by atoms with Crippen LogP contribution in [-0.4, -0.2) is 14.4 Å². The molecule has 1 aliphatic rings. The van der Waals surface area contributed by atoms with Crippen LogP contribution in [0.15, 0.2) is 54.3 Å². The number of ether oxygens (including phenoxy) is 1. The minimum absolute atomic E-state index is 0.0548. The second kappa shape index (κ2) is 7.21. The van der Waals surface area contributed by atoms with E-state index in [2.05, 4.69) is 0 Å². The van der Waals surface area contributed by atoms with E-state index in [4.69, 9.17) is 4.74 Å². The summed E-state index contributed by atoms with van der Waals surface area (Å²) in [6.45, 7) is 1.63. The Morgan fingerprint density at radius 3 is 2.46 bits per heavy atom. The zero-order valence-electron chi connectivity index (χ0n) is 13.7. The molecule has 0 aliphatic carbocycles. The molecule has 1 heterocycles. The van der Waals surface area contributed by atoms with Gasteiger partial charge in [-0.05, 0) is 42.3 Å². The molecule has 0 aromatic heterocycles. The Morgan fingerprint density at radius 1 is 1.08 bits per heavy atom. The van der Waals surface area contributed by atoms with Gasteiger partial charge in [-0.1, -0.05) is 24.3 Å². The third-order valence-electron chi connectivity index (χ3n) is 3.89. The molecule has 0 amide bonds. The van der Waals surface area contributed by atoms with Crippen LogP contribution in [0.3, 0.4) is 0 Å². The molecule has 2 aromatic rings. The van der Waals surface area contributed by atoms with Gasteiger partial charge in [-0.3, -0.25) is 0 Å². The lowest BCUT2D eigenvalue weighted by Gasteiger charge is -2.08. The molecule has 2 aromatic carbocycles. The zero-order chi connectivity index (χ0) is 18.8. The number of carbonyl (C=O) groups is 1. The molecule has 4 nitrogen and oxygen atoms in total. The van der Waals surface area contributed by atoms with Crippen molar-refractivity contribution < 1.29 is 26.7 Å². The van der Waals surface area contributed by atoms with Crippen LogP contribution in [0.1, 0.15) is 23.6 Å². The number of esters is 1. The van der Waals surface area contributed by atoms with Crippen molar-refractivity contribution in [2.45, 2.75) is 12.7 Å². The first-order chi connectivity index (χ1) is 12.4. The van der Waals surface area contributed by atoms with E-state index >= 15 is 0 Å². The summed E-state index contributed by atoms with van der Waals surface area (Å²) < 4.78 is 55.1. The van der Waals surface area contributed by atoms with Gasteiger partial charge in [0.05, 0.1) is 11.3 Å². The average molecular weight is 376 g/mol. The number of halogens is 2. The van der Waals surface area contributed by atoms with Crippen molar-refractivity contribution >= 4 is 27.8 Å². The number of thiol groups is 1. The Hall–Kier alpha value is -2.80. The van der Waals surface area contributed by atoms with Gasteiger partial charge in [0, 0.05) is 11.1 Å². The van der Waals surface area contributed by atoms with Crippen molar-refractivity contribution in [2.24, 2.45) is 0 Å². The summed E-state index contributed by atoms with van der Waals surface area (Å²) in [4.78, 5) is 12.3. The maximum absolute atomic E-state index is 14.7. The first-order valence-electron chi connectivity index (χ1n) is 7.70. The molecule has 0 saturated heterocycles. The van der Waals surface area contributed by atoms with Crippen LogP contribution in [-0.2, 0) is 26.0 Å². The molecule has 0 radical (unpaired) electrons. The fraction of sp³-hybridized carbons (Fsp3) is 0.105. The number of cyclic esters (lactones) is 1. The van der Waals surface area contributed by atoms with Crippen molar-refractivity contribution in [3.05, 3.63) is 82.6 Å². The van der Waals surface area contributed by atoms with Gasteiger partial charge >= 0.3 is 5.97 Å². The van der Waals surface area contributed by atoms with Crippen molar-refractivity contribution in [1.82, 2.24) is 0 Å². The predicted octanol–water partition coefficient (Wildman–Crippen LogP) is 3.45. The Bertz CT molecular complexity index is 1030. The molecule has 1 aliphatic heterocycles. The first kappa shape index (κ1) is 18.0. The molecule has 0 N–H and O–H groups in total. The fourth-order valence-corrected chi connectivity index (χ4v) is 3.31. The van der Waals surface area contributed by atoms with Crippen molar-refractivity contribution in [2.75, 3.05) is 0 Å². The van der Waals surface area contributed by atoms with Gasteiger partial charge in [-0.15, -0.1) is 0 Å². The van der Waals surface area contributed by atoms with E-state index in [1.807, 2.05) is 0 Å². The number of hydrogen-bond acceptors (Lipinski definition) is 4. The van der Waals surface area contributed by atoms with Crippen LogP contribution in [0.4, 0.5) is 8.78 Å². The minimum Gasteiger partial charge on any atom is -0.423 e. The van der Waals surface area contributed by atoms with Crippen LogP contribution >= 0.6 is 0 Å². The normalized spacial score (nSPS) is 15.8. The fourth-order valence-electron chi connectivity index (χ4n) is 2.81. The van der Waals surface area contributed by atoms with Crippen LogP contribution < -0.4 is 0 Å². The van der Waals surface area contributed by atoms with Crippen molar-refractivity contribution in [1.29, 1.82) is 0 Å². The smallest absolute Gasteiger partial charge is 0.344 e.